The molecular weight excluding hydrogens is 348 g/mol. The zero-order valence-corrected chi connectivity index (χ0v) is 16.3. The monoisotopic (exact) mass is 372 g/mol. The number of nitrogens with zero attached hydrogens (tertiary/aromatic N) is 4. The minimum Gasteiger partial charge on any atom is -0.329 e. The van der Waals surface area contributed by atoms with E-state index in [0.717, 1.165) is 42.9 Å². The van der Waals surface area contributed by atoms with Crippen LogP contribution in [0.4, 0.5) is 0 Å². The Morgan fingerprint density at radius 2 is 1.93 bits per heavy atom. The van der Waals surface area contributed by atoms with E-state index in [0.29, 0.717) is 11.6 Å². The number of pyridine rings is 1. The fourth-order valence-electron chi connectivity index (χ4n) is 4.39. The summed E-state index contributed by atoms with van der Waals surface area (Å²) < 4.78 is 1.81. The number of carbonyl (C=O) groups is 1. The van der Waals surface area contributed by atoms with Gasteiger partial charge in [-0.3, -0.25) is 4.79 Å². The van der Waals surface area contributed by atoms with E-state index in [4.69, 9.17) is 0 Å². The molecule has 0 aliphatic heterocycles. The molecule has 1 atom stereocenters. The normalized spacial score (nSPS) is 18.1. The van der Waals surface area contributed by atoms with Crippen molar-refractivity contribution in [3.05, 3.63) is 76.7 Å². The molecule has 5 nitrogen and oxygen atoms in total. The standard InChI is InChI=1S/C23H24N4O/c1-15-13-16(2)27(25-15)22-12-8-18(14-24-22)23(28)26(19-9-10-19)21-11-7-17-5-3-4-6-20(17)21/h3-6,8,12-14,19,21H,7,9-11H2,1-2H3. The Bertz CT molecular complexity index is 1030. The van der Waals surface area contributed by atoms with E-state index < -0.39 is 0 Å². The molecule has 2 aliphatic carbocycles. The van der Waals surface area contributed by atoms with Gasteiger partial charge in [-0.25, -0.2) is 9.67 Å². The molecule has 1 fully saturated rings. The number of rotatable bonds is 4. The molecule has 2 aromatic heterocycles. The summed E-state index contributed by atoms with van der Waals surface area (Å²) in [6, 6.07) is 14.9. The number of aromatic nitrogens is 3. The fourth-order valence-corrected chi connectivity index (χ4v) is 4.39. The lowest BCUT2D eigenvalue weighted by Gasteiger charge is -2.30. The number of carbonyl (C=O) groups excluding carboxylic acids is 1. The summed E-state index contributed by atoms with van der Waals surface area (Å²) >= 11 is 0. The molecule has 1 aromatic carbocycles. The van der Waals surface area contributed by atoms with Gasteiger partial charge in [0.2, 0.25) is 0 Å². The van der Waals surface area contributed by atoms with Crippen LogP contribution in [0.2, 0.25) is 0 Å². The van der Waals surface area contributed by atoms with Gasteiger partial charge in [-0.05, 0) is 68.9 Å². The number of fused-ring (bicyclic) bond motifs is 1. The lowest BCUT2D eigenvalue weighted by Crippen LogP contribution is -2.36. The smallest absolute Gasteiger partial charge is 0.256 e. The second-order valence-corrected chi connectivity index (χ2v) is 7.94. The van der Waals surface area contributed by atoms with Gasteiger partial charge in [0, 0.05) is 17.9 Å². The first-order chi connectivity index (χ1) is 13.6. The van der Waals surface area contributed by atoms with Gasteiger partial charge in [-0.2, -0.15) is 5.10 Å². The summed E-state index contributed by atoms with van der Waals surface area (Å²) in [6.45, 7) is 3.97. The predicted molar refractivity (Wildman–Crippen MR) is 108 cm³/mol. The van der Waals surface area contributed by atoms with E-state index in [2.05, 4.69) is 39.2 Å². The summed E-state index contributed by atoms with van der Waals surface area (Å²) in [7, 11) is 0. The molecule has 1 saturated carbocycles. The molecule has 0 bridgehead atoms. The maximum Gasteiger partial charge on any atom is 0.256 e. The van der Waals surface area contributed by atoms with Crippen LogP contribution in [-0.4, -0.2) is 31.6 Å². The second kappa shape index (κ2) is 6.59. The summed E-state index contributed by atoms with van der Waals surface area (Å²) in [6.07, 6.45) is 5.96. The SMILES string of the molecule is Cc1cc(C)n(-c2ccc(C(=O)N(C3CC3)C3CCc4ccccc43)cn2)n1. The Hall–Kier alpha value is -2.95. The third-order valence-electron chi connectivity index (χ3n) is 5.83. The topological polar surface area (TPSA) is 51.0 Å². The van der Waals surface area contributed by atoms with Crippen molar-refractivity contribution in [2.75, 3.05) is 0 Å². The summed E-state index contributed by atoms with van der Waals surface area (Å²) in [5, 5.41) is 4.48. The minimum atomic E-state index is 0.0941. The Morgan fingerprint density at radius 3 is 2.61 bits per heavy atom. The van der Waals surface area contributed by atoms with Gasteiger partial charge >= 0.3 is 0 Å². The number of hydrogen-bond acceptors (Lipinski definition) is 3. The highest BCUT2D eigenvalue weighted by atomic mass is 16.2. The first-order valence-corrected chi connectivity index (χ1v) is 10.0. The van der Waals surface area contributed by atoms with Crippen LogP contribution in [0.1, 0.15) is 58.2 Å². The van der Waals surface area contributed by atoms with Crippen molar-refractivity contribution in [2.45, 2.75) is 51.6 Å². The molecule has 0 N–H and O–H groups in total. The summed E-state index contributed by atoms with van der Waals surface area (Å²) in [4.78, 5) is 20.1. The van der Waals surface area contributed by atoms with Crippen molar-refractivity contribution in [1.82, 2.24) is 19.7 Å². The summed E-state index contributed by atoms with van der Waals surface area (Å²) in [5.41, 5.74) is 5.34. The van der Waals surface area contributed by atoms with Crippen molar-refractivity contribution in [3.63, 3.8) is 0 Å². The van der Waals surface area contributed by atoms with Crippen molar-refractivity contribution in [2.24, 2.45) is 0 Å². The Kier molecular flexibility index (Phi) is 4.04. The number of amides is 1. The van der Waals surface area contributed by atoms with Crippen molar-refractivity contribution in [1.29, 1.82) is 0 Å². The number of benzene rings is 1. The van der Waals surface area contributed by atoms with Crippen LogP contribution in [0.25, 0.3) is 5.82 Å². The highest BCUT2D eigenvalue weighted by Crippen LogP contribution is 2.42. The quantitative estimate of drug-likeness (QED) is 0.690. The van der Waals surface area contributed by atoms with Crippen molar-refractivity contribution in [3.8, 4) is 5.82 Å². The summed E-state index contributed by atoms with van der Waals surface area (Å²) in [5.74, 6) is 0.836. The average Bonchev–Trinajstić information content (AvgIpc) is 3.36. The zero-order chi connectivity index (χ0) is 19.3. The molecule has 1 amide bonds. The lowest BCUT2D eigenvalue weighted by atomic mass is 10.1. The molecule has 5 rings (SSSR count). The van der Waals surface area contributed by atoms with Gasteiger partial charge in [-0.1, -0.05) is 24.3 Å². The minimum absolute atomic E-state index is 0.0941. The maximum absolute atomic E-state index is 13.4. The van der Waals surface area contributed by atoms with Crippen molar-refractivity contribution >= 4 is 5.91 Å². The Labute approximate surface area is 165 Å². The number of aryl methyl sites for hydroxylation is 3. The van der Waals surface area contributed by atoms with Crippen LogP contribution in [0.15, 0.2) is 48.7 Å². The van der Waals surface area contributed by atoms with Crippen molar-refractivity contribution < 1.29 is 4.79 Å². The van der Waals surface area contributed by atoms with E-state index in [9.17, 15) is 4.79 Å². The maximum atomic E-state index is 13.4. The van der Waals surface area contributed by atoms with E-state index in [1.807, 2.05) is 36.7 Å². The molecule has 5 heteroatoms. The van der Waals surface area contributed by atoms with Crippen LogP contribution in [0.5, 0.6) is 0 Å². The first kappa shape index (κ1) is 17.2. The van der Waals surface area contributed by atoms with Crippen LogP contribution in [0, 0.1) is 13.8 Å². The van der Waals surface area contributed by atoms with Gasteiger partial charge in [0.1, 0.15) is 0 Å². The van der Waals surface area contributed by atoms with Crippen LogP contribution in [-0.2, 0) is 6.42 Å². The molecule has 2 heterocycles. The lowest BCUT2D eigenvalue weighted by molar-refractivity contribution is 0.0657. The van der Waals surface area contributed by atoms with E-state index in [-0.39, 0.29) is 11.9 Å². The molecular formula is C23H24N4O. The highest BCUT2D eigenvalue weighted by Gasteiger charge is 2.40. The number of hydrogen-bond donors (Lipinski definition) is 0. The molecule has 0 radical (unpaired) electrons. The van der Waals surface area contributed by atoms with Crippen LogP contribution < -0.4 is 0 Å². The molecule has 0 spiro atoms. The van der Waals surface area contributed by atoms with Gasteiger partial charge in [0.05, 0.1) is 17.3 Å². The van der Waals surface area contributed by atoms with Gasteiger partial charge in [-0.15, -0.1) is 0 Å². The zero-order valence-electron chi connectivity index (χ0n) is 16.3. The third kappa shape index (κ3) is 2.91. The second-order valence-electron chi connectivity index (χ2n) is 7.94. The average molecular weight is 372 g/mol. The molecule has 0 saturated heterocycles. The molecule has 2 aliphatic rings. The van der Waals surface area contributed by atoms with Gasteiger partial charge in [0.25, 0.3) is 5.91 Å². The molecule has 28 heavy (non-hydrogen) atoms. The Morgan fingerprint density at radius 1 is 1.11 bits per heavy atom. The fraction of sp³-hybridized carbons (Fsp3) is 0.348. The van der Waals surface area contributed by atoms with E-state index in [1.165, 1.54) is 11.1 Å². The third-order valence-corrected chi connectivity index (χ3v) is 5.83. The van der Waals surface area contributed by atoms with Crippen LogP contribution >= 0.6 is 0 Å². The first-order valence-electron chi connectivity index (χ1n) is 10.0. The Balaban J connectivity index is 1.44. The predicted octanol–water partition coefficient (Wildman–Crippen LogP) is 4.18. The molecule has 1 unspecified atom stereocenters. The molecule has 3 aromatic rings. The van der Waals surface area contributed by atoms with Gasteiger partial charge in [0.15, 0.2) is 5.82 Å². The largest absolute Gasteiger partial charge is 0.329 e. The highest BCUT2D eigenvalue weighted by molar-refractivity contribution is 5.94. The van der Waals surface area contributed by atoms with Gasteiger partial charge < -0.3 is 4.90 Å². The molecule has 142 valence electrons. The van der Waals surface area contributed by atoms with E-state index in [1.54, 1.807) is 6.20 Å². The van der Waals surface area contributed by atoms with Crippen LogP contribution in [0.3, 0.4) is 0 Å². The van der Waals surface area contributed by atoms with E-state index >= 15 is 0 Å².